The van der Waals surface area contributed by atoms with Crippen LogP contribution in [-0.4, -0.2) is 15.0 Å². The second-order valence-electron chi connectivity index (χ2n) is 5.19. The smallest absolute Gasteiger partial charge is 0.339 e. The Morgan fingerprint density at radius 2 is 1.60 bits per heavy atom. The second-order valence-corrected chi connectivity index (χ2v) is 6.70. The first kappa shape index (κ1) is 16.8. The Balaban J connectivity index is 2.12. The van der Waals surface area contributed by atoms with Gasteiger partial charge in [-0.05, 0) is 31.2 Å². The van der Waals surface area contributed by atoms with Crippen molar-refractivity contribution in [2.45, 2.75) is 11.8 Å². The largest absolute Gasteiger partial charge is 0.493 e. The molecule has 5 nitrogen and oxygen atoms in total. The van der Waals surface area contributed by atoms with Crippen molar-refractivity contribution in [3.05, 3.63) is 66.2 Å². The van der Waals surface area contributed by atoms with Gasteiger partial charge in [0, 0.05) is 10.8 Å². The van der Waals surface area contributed by atoms with E-state index in [1.54, 1.807) is 36.4 Å². The zero-order chi connectivity index (χ0) is 17.9. The number of fused-ring (bicyclic) bond motifs is 1. The number of benzene rings is 3. The fourth-order valence-corrected chi connectivity index (χ4v) is 3.69. The van der Waals surface area contributed by atoms with Gasteiger partial charge >= 0.3 is 10.1 Å². The molecular weight excluding hydrogens is 338 g/mol. The molecule has 0 aliphatic rings. The zero-order valence-corrected chi connectivity index (χ0v) is 14.3. The fraction of sp³-hybridized carbons (Fsp3) is 0.105. The van der Waals surface area contributed by atoms with Crippen molar-refractivity contribution in [2.24, 2.45) is 0 Å². The molecule has 126 valence electrons. The van der Waals surface area contributed by atoms with Gasteiger partial charge in [0.05, 0.1) is 12.2 Å². The summed E-state index contributed by atoms with van der Waals surface area (Å²) in [5.74, 6) is 0.609. The maximum atomic E-state index is 12.8. The van der Waals surface area contributed by atoms with E-state index >= 15 is 0 Å². The molecule has 3 rings (SSSR count). The third kappa shape index (κ3) is 3.28. The van der Waals surface area contributed by atoms with Crippen molar-refractivity contribution >= 4 is 20.9 Å². The normalized spacial score (nSPS) is 11.0. The monoisotopic (exact) mass is 353 g/mol. The van der Waals surface area contributed by atoms with Gasteiger partial charge in [0.2, 0.25) is 0 Å². The van der Waals surface area contributed by atoms with Crippen LogP contribution in [0, 0.1) is 11.3 Å². The summed E-state index contributed by atoms with van der Waals surface area (Å²) in [6.07, 6.45) is 0. The minimum atomic E-state index is -4.11. The molecule has 0 spiro atoms. The lowest BCUT2D eigenvalue weighted by Gasteiger charge is -2.13. The topological polar surface area (TPSA) is 76.4 Å². The minimum absolute atomic E-state index is 0.00275. The highest BCUT2D eigenvalue weighted by Gasteiger charge is 2.22. The molecule has 0 aromatic heterocycles. The quantitative estimate of drug-likeness (QED) is 0.651. The summed E-state index contributed by atoms with van der Waals surface area (Å²) in [5, 5.41) is 10.3. The molecule has 0 unspecified atom stereocenters. The average molecular weight is 353 g/mol. The van der Waals surface area contributed by atoms with Crippen molar-refractivity contribution in [1.29, 1.82) is 5.26 Å². The van der Waals surface area contributed by atoms with Gasteiger partial charge in [-0.25, -0.2) is 0 Å². The number of hydrogen-bond acceptors (Lipinski definition) is 5. The Hall–Kier alpha value is -3.04. The summed E-state index contributed by atoms with van der Waals surface area (Å²) < 4.78 is 36.4. The summed E-state index contributed by atoms with van der Waals surface area (Å²) in [5.41, 5.74) is 0.154. The first-order valence-corrected chi connectivity index (χ1v) is 9.06. The fourth-order valence-electron chi connectivity index (χ4n) is 2.54. The summed E-state index contributed by atoms with van der Waals surface area (Å²) >= 11 is 0. The number of rotatable bonds is 5. The molecule has 0 amide bonds. The van der Waals surface area contributed by atoms with Crippen molar-refractivity contribution in [1.82, 2.24) is 0 Å². The summed E-state index contributed by atoms with van der Waals surface area (Å²) in [6.45, 7) is 2.34. The lowest BCUT2D eigenvalue weighted by molar-refractivity contribution is 0.344. The van der Waals surface area contributed by atoms with E-state index in [1.165, 1.54) is 18.2 Å². The second kappa shape index (κ2) is 6.83. The van der Waals surface area contributed by atoms with Gasteiger partial charge < -0.3 is 8.92 Å². The molecule has 0 N–H and O–H groups in total. The molecule has 25 heavy (non-hydrogen) atoms. The Bertz CT molecular complexity index is 1070. The molecule has 3 aromatic carbocycles. The summed E-state index contributed by atoms with van der Waals surface area (Å²) in [7, 11) is -4.11. The van der Waals surface area contributed by atoms with Crippen LogP contribution in [0.1, 0.15) is 12.5 Å². The van der Waals surface area contributed by atoms with E-state index in [1.807, 2.05) is 19.1 Å². The molecular formula is C19H15NO4S. The highest BCUT2D eigenvalue weighted by molar-refractivity contribution is 7.87. The van der Waals surface area contributed by atoms with Crippen LogP contribution in [0.2, 0.25) is 0 Å². The Labute approximate surface area is 146 Å². The maximum absolute atomic E-state index is 12.8. The van der Waals surface area contributed by atoms with Gasteiger partial charge in [-0.1, -0.05) is 36.4 Å². The van der Waals surface area contributed by atoms with Gasteiger partial charge in [0.25, 0.3) is 0 Å². The van der Waals surface area contributed by atoms with Crippen molar-refractivity contribution < 1.29 is 17.3 Å². The molecule has 0 aliphatic heterocycles. The van der Waals surface area contributed by atoms with Gasteiger partial charge in [0.1, 0.15) is 16.7 Å². The summed E-state index contributed by atoms with van der Waals surface area (Å²) in [6, 6.07) is 18.3. The third-order valence-electron chi connectivity index (χ3n) is 3.62. The molecule has 0 radical (unpaired) electrons. The predicted molar refractivity (Wildman–Crippen MR) is 94.1 cm³/mol. The molecule has 0 fully saturated rings. The first-order chi connectivity index (χ1) is 12.1. The van der Waals surface area contributed by atoms with Crippen molar-refractivity contribution in [3.8, 4) is 17.6 Å². The number of nitriles is 1. The van der Waals surface area contributed by atoms with E-state index in [4.69, 9.17) is 14.2 Å². The number of nitrogens with zero attached hydrogens (tertiary/aromatic N) is 1. The number of hydrogen-bond donors (Lipinski definition) is 0. The molecule has 0 heterocycles. The molecule has 3 aromatic rings. The molecule has 0 bridgehead atoms. The molecule has 0 atom stereocenters. The Kier molecular flexibility index (Phi) is 4.59. The van der Waals surface area contributed by atoms with Crippen LogP contribution >= 0.6 is 0 Å². The summed E-state index contributed by atoms with van der Waals surface area (Å²) in [4.78, 5) is 0.0271. The van der Waals surface area contributed by atoms with E-state index < -0.39 is 10.1 Å². The maximum Gasteiger partial charge on any atom is 0.339 e. The lowest BCUT2D eigenvalue weighted by Crippen LogP contribution is -2.11. The van der Waals surface area contributed by atoms with E-state index in [9.17, 15) is 8.42 Å². The van der Waals surface area contributed by atoms with E-state index in [0.717, 1.165) is 0 Å². The van der Waals surface area contributed by atoms with E-state index in [-0.39, 0.29) is 16.2 Å². The van der Waals surface area contributed by atoms with E-state index in [2.05, 4.69) is 0 Å². The van der Waals surface area contributed by atoms with Crippen molar-refractivity contribution in [2.75, 3.05) is 6.61 Å². The van der Waals surface area contributed by atoms with Gasteiger partial charge in [-0.15, -0.1) is 0 Å². The Morgan fingerprint density at radius 3 is 2.32 bits per heavy atom. The van der Waals surface area contributed by atoms with Crippen LogP contribution in [0.4, 0.5) is 0 Å². The number of para-hydroxylation sites is 1. The van der Waals surface area contributed by atoms with E-state index in [0.29, 0.717) is 23.1 Å². The molecule has 0 aliphatic carbocycles. The standard InChI is InChI=1S/C19H15NO4S/c1-2-23-18-11-12-19(16-9-5-4-8-15(16)18)25(21,22)24-17-10-6-3-7-14(17)13-20/h3-12H,2H2,1H3. The average Bonchev–Trinajstić information content (AvgIpc) is 2.62. The van der Waals surface area contributed by atoms with Crippen molar-refractivity contribution in [3.63, 3.8) is 0 Å². The molecule has 0 saturated carbocycles. The predicted octanol–water partition coefficient (Wildman–Crippen LogP) is 3.88. The van der Waals surface area contributed by atoms with Crippen LogP contribution in [-0.2, 0) is 10.1 Å². The van der Waals surface area contributed by atoms with Gasteiger partial charge in [0.15, 0.2) is 5.75 Å². The van der Waals surface area contributed by atoms with Crippen LogP contribution in [0.15, 0.2) is 65.6 Å². The van der Waals surface area contributed by atoms with Gasteiger partial charge in [-0.2, -0.15) is 13.7 Å². The number of ether oxygens (including phenoxy) is 1. The van der Waals surface area contributed by atoms with Gasteiger partial charge in [-0.3, -0.25) is 0 Å². The van der Waals surface area contributed by atoms with Crippen LogP contribution < -0.4 is 8.92 Å². The highest BCUT2D eigenvalue weighted by atomic mass is 32.2. The van der Waals surface area contributed by atoms with Crippen LogP contribution in [0.5, 0.6) is 11.5 Å². The molecule has 6 heteroatoms. The molecule has 0 saturated heterocycles. The Morgan fingerprint density at radius 1 is 0.920 bits per heavy atom. The first-order valence-electron chi connectivity index (χ1n) is 7.65. The van der Waals surface area contributed by atoms with Crippen LogP contribution in [0.3, 0.4) is 0 Å². The lowest BCUT2D eigenvalue weighted by atomic mass is 10.1. The minimum Gasteiger partial charge on any atom is -0.493 e. The highest BCUT2D eigenvalue weighted by Crippen LogP contribution is 2.33. The van der Waals surface area contributed by atoms with Crippen LogP contribution in [0.25, 0.3) is 10.8 Å². The third-order valence-corrected chi connectivity index (χ3v) is 4.91. The SMILES string of the molecule is CCOc1ccc(S(=O)(=O)Oc2ccccc2C#N)c2ccccc12. The zero-order valence-electron chi connectivity index (χ0n) is 13.5.